The molecule has 1 fully saturated rings. The Balaban J connectivity index is 1.63. The van der Waals surface area contributed by atoms with Gasteiger partial charge in [0.15, 0.2) is 0 Å². The summed E-state index contributed by atoms with van der Waals surface area (Å²) in [6.45, 7) is 0. The van der Waals surface area contributed by atoms with Gasteiger partial charge in [0.05, 0.1) is 15.9 Å². The van der Waals surface area contributed by atoms with Gasteiger partial charge in [0.1, 0.15) is 0 Å². The Labute approximate surface area is 115 Å². The molecule has 0 radical (unpaired) electrons. The molecule has 0 bridgehead atoms. The maximum atomic E-state index is 5.85. The molecule has 1 atom stereocenters. The number of nitrogens with one attached hydrogen (secondary N) is 1. The molecule has 17 heavy (non-hydrogen) atoms. The van der Waals surface area contributed by atoms with E-state index < -0.39 is 0 Å². The number of thiophene rings is 1. The normalized spacial score (nSPS) is 25.1. The molecule has 4 heteroatoms. The minimum absolute atomic E-state index is 0.405. The van der Waals surface area contributed by atoms with E-state index in [4.69, 9.17) is 4.84 Å². The number of aryl methyl sites for hydroxylation is 1. The van der Waals surface area contributed by atoms with Crippen LogP contribution in [0.3, 0.4) is 0 Å². The first-order valence-electron chi connectivity index (χ1n) is 6.52. The monoisotopic (exact) mass is 315 g/mol. The predicted molar refractivity (Wildman–Crippen MR) is 74.2 cm³/mol. The SMILES string of the molecule is Brc1cc2c(s1)CCCC2NOC1CCCC1. The Morgan fingerprint density at radius 2 is 2.06 bits per heavy atom. The molecular formula is C13H18BrNOS. The summed E-state index contributed by atoms with van der Waals surface area (Å²) in [5.41, 5.74) is 4.77. The molecule has 0 spiro atoms. The second kappa shape index (κ2) is 5.39. The molecule has 1 aromatic heterocycles. The Bertz CT molecular complexity index is 387. The van der Waals surface area contributed by atoms with Crippen molar-refractivity contribution >= 4 is 27.3 Å². The van der Waals surface area contributed by atoms with Crippen LogP contribution in [0.4, 0.5) is 0 Å². The molecule has 0 aromatic carbocycles. The third-order valence-electron chi connectivity index (χ3n) is 3.76. The summed E-state index contributed by atoms with van der Waals surface area (Å²) in [6, 6.07) is 2.66. The van der Waals surface area contributed by atoms with Crippen molar-refractivity contribution in [3.63, 3.8) is 0 Å². The van der Waals surface area contributed by atoms with Crippen LogP contribution in [0.5, 0.6) is 0 Å². The zero-order valence-electron chi connectivity index (χ0n) is 9.88. The summed E-state index contributed by atoms with van der Waals surface area (Å²) < 4.78 is 1.25. The molecule has 1 heterocycles. The molecule has 3 rings (SSSR count). The van der Waals surface area contributed by atoms with Gasteiger partial charge >= 0.3 is 0 Å². The minimum atomic E-state index is 0.405. The molecule has 1 N–H and O–H groups in total. The van der Waals surface area contributed by atoms with Crippen molar-refractivity contribution in [3.8, 4) is 0 Å². The van der Waals surface area contributed by atoms with E-state index in [2.05, 4.69) is 27.5 Å². The molecule has 1 unspecified atom stereocenters. The minimum Gasteiger partial charge on any atom is -0.298 e. The van der Waals surface area contributed by atoms with Crippen molar-refractivity contribution in [2.45, 2.75) is 57.1 Å². The molecule has 0 amide bonds. The van der Waals surface area contributed by atoms with Crippen LogP contribution in [-0.2, 0) is 11.3 Å². The van der Waals surface area contributed by atoms with Crippen LogP contribution in [0, 0.1) is 0 Å². The van der Waals surface area contributed by atoms with Crippen LogP contribution in [0.25, 0.3) is 0 Å². The molecule has 2 aliphatic carbocycles. The average molecular weight is 316 g/mol. The first-order valence-corrected chi connectivity index (χ1v) is 8.13. The summed E-state index contributed by atoms with van der Waals surface area (Å²) in [5.74, 6) is 0. The van der Waals surface area contributed by atoms with E-state index >= 15 is 0 Å². The van der Waals surface area contributed by atoms with E-state index in [1.165, 1.54) is 59.2 Å². The van der Waals surface area contributed by atoms with E-state index in [1.807, 2.05) is 11.3 Å². The third kappa shape index (κ3) is 2.75. The molecule has 2 nitrogen and oxygen atoms in total. The fourth-order valence-electron chi connectivity index (χ4n) is 2.83. The standard InChI is InChI=1S/C13H18BrNOS/c14-13-8-10-11(6-3-7-12(10)17-13)15-16-9-4-1-2-5-9/h8-9,11,15H,1-7H2. The predicted octanol–water partition coefficient (Wildman–Crippen LogP) is 4.35. The highest BCUT2D eigenvalue weighted by molar-refractivity contribution is 9.11. The maximum absolute atomic E-state index is 5.85. The van der Waals surface area contributed by atoms with E-state index in [0.717, 1.165) is 0 Å². The van der Waals surface area contributed by atoms with E-state index in [9.17, 15) is 0 Å². The van der Waals surface area contributed by atoms with Crippen LogP contribution in [0.2, 0.25) is 0 Å². The van der Waals surface area contributed by atoms with Crippen molar-refractivity contribution in [1.82, 2.24) is 5.48 Å². The van der Waals surface area contributed by atoms with Crippen LogP contribution in [0.1, 0.15) is 55.0 Å². The highest BCUT2D eigenvalue weighted by atomic mass is 79.9. The lowest BCUT2D eigenvalue weighted by atomic mass is 9.95. The topological polar surface area (TPSA) is 21.3 Å². The maximum Gasteiger partial charge on any atom is 0.0790 e. The number of fused-ring (bicyclic) bond motifs is 1. The van der Waals surface area contributed by atoms with Crippen LogP contribution < -0.4 is 5.48 Å². The van der Waals surface area contributed by atoms with Crippen LogP contribution in [-0.4, -0.2) is 6.10 Å². The number of rotatable bonds is 3. The van der Waals surface area contributed by atoms with Crippen molar-refractivity contribution in [3.05, 3.63) is 20.3 Å². The number of hydrogen-bond acceptors (Lipinski definition) is 3. The summed E-state index contributed by atoms with van der Waals surface area (Å²) in [7, 11) is 0. The van der Waals surface area contributed by atoms with Gasteiger partial charge in [-0.3, -0.25) is 4.84 Å². The van der Waals surface area contributed by atoms with Gasteiger partial charge in [0.25, 0.3) is 0 Å². The third-order valence-corrected chi connectivity index (χ3v) is 5.48. The largest absolute Gasteiger partial charge is 0.298 e. The van der Waals surface area contributed by atoms with E-state index in [0.29, 0.717) is 12.1 Å². The summed E-state index contributed by atoms with van der Waals surface area (Å²) in [6.07, 6.45) is 9.24. The highest BCUT2D eigenvalue weighted by Gasteiger charge is 2.24. The molecule has 2 aliphatic rings. The van der Waals surface area contributed by atoms with E-state index in [-0.39, 0.29) is 0 Å². The fourth-order valence-corrected chi connectivity index (χ4v) is 4.65. The molecule has 94 valence electrons. The zero-order chi connectivity index (χ0) is 11.7. The highest BCUT2D eigenvalue weighted by Crippen LogP contribution is 2.38. The van der Waals surface area contributed by atoms with Gasteiger partial charge in [-0.2, -0.15) is 5.48 Å². The van der Waals surface area contributed by atoms with Crippen molar-refractivity contribution < 1.29 is 4.84 Å². The number of hydroxylamine groups is 1. The Morgan fingerprint density at radius 1 is 1.24 bits per heavy atom. The van der Waals surface area contributed by atoms with Crippen LogP contribution >= 0.6 is 27.3 Å². The summed E-state index contributed by atoms with van der Waals surface area (Å²) in [4.78, 5) is 7.37. The second-order valence-corrected chi connectivity index (χ2v) is 7.53. The first kappa shape index (κ1) is 12.2. The molecule has 0 aliphatic heterocycles. The number of hydrogen-bond donors (Lipinski definition) is 1. The zero-order valence-corrected chi connectivity index (χ0v) is 12.3. The Hall–Kier alpha value is 0.1000. The Morgan fingerprint density at radius 3 is 2.88 bits per heavy atom. The Kier molecular flexibility index (Phi) is 3.85. The molecule has 1 saturated carbocycles. The van der Waals surface area contributed by atoms with Gasteiger partial charge in [-0.25, -0.2) is 0 Å². The first-order chi connectivity index (χ1) is 8.33. The van der Waals surface area contributed by atoms with Crippen LogP contribution in [0.15, 0.2) is 9.85 Å². The molecule has 0 saturated heterocycles. The molecular weight excluding hydrogens is 298 g/mol. The summed E-state index contributed by atoms with van der Waals surface area (Å²) in [5, 5.41) is 0. The van der Waals surface area contributed by atoms with Crippen molar-refractivity contribution in [1.29, 1.82) is 0 Å². The lowest BCUT2D eigenvalue weighted by Gasteiger charge is -2.24. The lowest BCUT2D eigenvalue weighted by Crippen LogP contribution is -2.28. The summed E-state index contributed by atoms with van der Waals surface area (Å²) >= 11 is 5.46. The smallest absolute Gasteiger partial charge is 0.0790 e. The van der Waals surface area contributed by atoms with Gasteiger partial charge < -0.3 is 0 Å². The van der Waals surface area contributed by atoms with Gasteiger partial charge in [0, 0.05) is 4.88 Å². The van der Waals surface area contributed by atoms with Crippen molar-refractivity contribution in [2.75, 3.05) is 0 Å². The van der Waals surface area contributed by atoms with Gasteiger partial charge in [0.2, 0.25) is 0 Å². The van der Waals surface area contributed by atoms with Gasteiger partial charge in [-0.15, -0.1) is 11.3 Å². The quantitative estimate of drug-likeness (QED) is 0.837. The van der Waals surface area contributed by atoms with Gasteiger partial charge in [-0.05, 0) is 59.7 Å². The average Bonchev–Trinajstić information content (AvgIpc) is 2.93. The fraction of sp³-hybridized carbons (Fsp3) is 0.692. The van der Waals surface area contributed by atoms with Crippen molar-refractivity contribution in [2.24, 2.45) is 0 Å². The molecule has 1 aromatic rings. The van der Waals surface area contributed by atoms with Gasteiger partial charge in [-0.1, -0.05) is 12.8 Å². The lowest BCUT2D eigenvalue weighted by molar-refractivity contribution is -0.0435. The second-order valence-electron chi connectivity index (χ2n) is 5.02. The number of halogens is 1. The van der Waals surface area contributed by atoms with E-state index in [1.54, 1.807) is 0 Å².